The molecular formula is C28H22Cl2O4. The third-order valence-electron chi connectivity index (χ3n) is 6.36. The third-order valence-corrected chi connectivity index (χ3v) is 7.07. The monoisotopic (exact) mass is 492 g/mol. The highest BCUT2D eigenvalue weighted by molar-refractivity contribution is 6.32. The highest BCUT2D eigenvalue weighted by Gasteiger charge is 2.19. The van der Waals surface area contributed by atoms with E-state index in [1.54, 1.807) is 42.5 Å². The molecule has 2 aliphatic rings. The highest BCUT2D eigenvalue weighted by Crippen LogP contribution is 2.42. The standard InChI is InChI=1S/C28H22Cl2O4/c29-23-10-16-2-6-19(27(33)11-16)20-14-24(30)28(34)13-17(20)4-1-15-3-7-25(31)21(9-15)22-12-18(23)5-8-26(22)32/h2-3,5-9,11-14,23,31-34H,1,4,10H2/t23-/m1/s1. The molecule has 4 aromatic carbocycles. The van der Waals surface area contributed by atoms with Crippen LogP contribution in [0.15, 0.2) is 66.7 Å². The van der Waals surface area contributed by atoms with Crippen molar-refractivity contribution < 1.29 is 20.4 Å². The average molecular weight is 493 g/mol. The number of hydrogen-bond acceptors (Lipinski definition) is 4. The Hall–Kier alpha value is -3.34. The van der Waals surface area contributed by atoms with Crippen LogP contribution in [0.5, 0.6) is 23.0 Å². The first-order valence-electron chi connectivity index (χ1n) is 10.9. The van der Waals surface area contributed by atoms with Gasteiger partial charge in [-0.1, -0.05) is 35.9 Å². The summed E-state index contributed by atoms with van der Waals surface area (Å²) in [5.41, 5.74) is 5.78. The Kier molecular flexibility index (Phi) is 5.80. The minimum atomic E-state index is -0.415. The van der Waals surface area contributed by atoms with Crippen molar-refractivity contribution in [3.63, 3.8) is 0 Å². The van der Waals surface area contributed by atoms with E-state index >= 15 is 0 Å². The summed E-state index contributed by atoms with van der Waals surface area (Å²) in [6, 6.07) is 19.2. The zero-order valence-electron chi connectivity index (χ0n) is 18.1. The van der Waals surface area contributed by atoms with Crippen LogP contribution in [0.1, 0.15) is 27.6 Å². The summed E-state index contributed by atoms with van der Waals surface area (Å²) in [4.78, 5) is 0. The molecule has 0 radical (unpaired) electrons. The van der Waals surface area contributed by atoms with Crippen molar-refractivity contribution in [1.82, 2.24) is 0 Å². The van der Waals surface area contributed by atoms with Gasteiger partial charge in [0.1, 0.15) is 23.0 Å². The Bertz CT molecular complexity index is 1410. The van der Waals surface area contributed by atoms with E-state index in [9.17, 15) is 20.4 Å². The van der Waals surface area contributed by atoms with Gasteiger partial charge in [0.25, 0.3) is 0 Å². The van der Waals surface area contributed by atoms with Crippen LogP contribution in [0.25, 0.3) is 22.3 Å². The van der Waals surface area contributed by atoms with Crippen LogP contribution in [0.2, 0.25) is 5.02 Å². The number of benzene rings is 4. The largest absolute Gasteiger partial charge is 0.507 e. The van der Waals surface area contributed by atoms with Crippen LogP contribution in [0.3, 0.4) is 0 Å². The van der Waals surface area contributed by atoms with Crippen LogP contribution >= 0.6 is 23.2 Å². The van der Waals surface area contributed by atoms with Crippen LogP contribution in [-0.4, -0.2) is 20.4 Å². The number of fused-ring (bicyclic) bond motifs is 4. The minimum absolute atomic E-state index is 0.0240. The highest BCUT2D eigenvalue weighted by atomic mass is 35.5. The Balaban J connectivity index is 1.71. The fourth-order valence-corrected chi connectivity index (χ4v) is 4.99. The molecule has 0 spiro atoms. The number of phenolic OH excluding ortho intramolecular Hbond substituents is 4. The normalized spacial score (nSPS) is 15.2. The molecule has 4 aromatic rings. The quantitative estimate of drug-likeness (QED) is 0.197. The van der Waals surface area contributed by atoms with Gasteiger partial charge in [0, 0.05) is 16.7 Å². The molecule has 0 fully saturated rings. The Labute approximate surface area is 207 Å². The van der Waals surface area contributed by atoms with E-state index in [0.717, 1.165) is 27.8 Å². The maximum atomic E-state index is 10.9. The fourth-order valence-electron chi connectivity index (χ4n) is 4.52. The molecule has 0 amide bonds. The second kappa shape index (κ2) is 8.79. The molecule has 4 nitrogen and oxygen atoms in total. The van der Waals surface area contributed by atoms with Crippen LogP contribution in [0, 0.1) is 0 Å². The van der Waals surface area contributed by atoms with Gasteiger partial charge in [-0.05, 0) is 89.5 Å². The molecule has 6 rings (SSSR count). The van der Waals surface area contributed by atoms with Crippen LogP contribution in [0.4, 0.5) is 0 Å². The van der Waals surface area contributed by atoms with Crippen molar-refractivity contribution in [2.75, 3.05) is 0 Å². The van der Waals surface area contributed by atoms with Gasteiger partial charge in [0.15, 0.2) is 0 Å². The smallest absolute Gasteiger partial charge is 0.134 e. The van der Waals surface area contributed by atoms with Gasteiger partial charge >= 0.3 is 0 Å². The lowest BCUT2D eigenvalue weighted by Gasteiger charge is -2.17. The summed E-state index contributed by atoms with van der Waals surface area (Å²) in [5, 5.41) is 42.0. The van der Waals surface area contributed by atoms with Gasteiger partial charge < -0.3 is 20.4 Å². The van der Waals surface area contributed by atoms with Gasteiger partial charge in [0.05, 0.1) is 10.4 Å². The third kappa shape index (κ3) is 4.15. The zero-order valence-corrected chi connectivity index (χ0v) is 19.6. The number of halogens is 2. The van der Waals surface area contributed by atoms with Gasteiger partial charge in [-0.25, -0.2) is 0 Å². The van der Waals surface area contributed by atoms with E-state index in [1.807, 2.05) is 24.3 Å². The van der Waals surface area contributed by atoms with E-state index in [4.69, 9.17) is 23.2 Å². The fraction of sp³-hybridized carbons (Fsp3) is 0.143. The van der Waals surface area contributed by atoms with Gasteiger partial charge in [0.2, 0.25) is 0 Å². The lowest BCUT2D eigenvalue weighted by Crippen LogP contribution is -1.99. The Morgan fingerprint density at radius 2 is 1.29 bits per heavy atom. The van der Waals surface area contributed by atoms with Crippen molar-refractivity contribution in [2.24, 2.45) is 0 Å². The molecule has 0 saturated carbocycles. The molecule has 0 aliphatic heterocycles. The molecule has 6 heteroatoms. The number of aryl methyl sites for hydroxylation is 2. The van der Waals surface area contributed by atoms with Crippen molar-refractivity contribution in [1.29, 1.82) is 0 Å². The summed E-state index contributed by atoms with van der Waals surface area (Å²) in [7, 11) is 0. The number of phenols is 4. The van der Waals surface area contributed by atoms with E-state index in [0.29, 0.717) is 36.0 Å². The van der Waals surface area contributed by atoms with Crippen molar-refractivity contribution >= 4 is 23.2 Å². The molecular weight excluding hydrogens is 471 g/mol. The lowest BCUT2D eigenvalue weighted by atomic mass is 9.91. The van der Waals surface area contributed by atoms with Crippen LogP contribution < -0.4 is 0 Å². The molecule has 0 heterocycles. The van der Waals surface area contributed by atoms with E-state index in [1.165, 1.54) is 0 Å². The summed E-state index contributed by atoms with van der Waals surface area (Å²) >= 11 is 13.0. The summed E-state index contributed by atoms with van der Waals surface area (Å²) in [6.07, 6.45) is 1.61. The maximum absolute atomic E-state index is 10.9. The maximum Gasteiger partial charge on any atom is 0.134 e. The number of rotatable bonds is 0. The van der Waals surface area contributed by atoms with E-state index in [-0.39, 0.29) is 28.0 Å². The number of aromatic hydroxyl groups is 4. The molecule has 6 bridgehead atoms. The number of hydrogen-bond donors (Lipinski definition) is 4. The van der Waals surface area contributed by atoms with E-state index in [2.05, 4.69) is 0 Å². The second-order valence-corrected chi connectivity index (χ2v) is 9.55. The predicted octanol–water partition coefficient (Wildman–Crippen LogP) is 7.12. The average Bonchev–Trinajstić information content (AvgIpc) is 2.80. The van der Waals surface area contributed by atoms with Gasteiger partial charge in [-0.3, -0.25) is 0 Å². The predicted molar refractivity (Wildman–Crippen MR) is 135 cm³/mol. The first-order chi connectivity index (χ1) is 16.3. The molecule has 0 unspecified atom stereocenters. The Morgan fingerprint density at radius 3 is 2.06 bits per heavy atom. The summed E-state index contributed by atoms with van der Waals surface area (Å²) in [6.45, 7) is 0. The van der Waals surface area contributed by atoms with Gasteiger partial charge in [-0.2, -0.15) is 0 Å². The first-order valence-corrected chi connectivity index (χ1v) is 11.7. The lowest BCUT2D eigenvalue weighted by molar-refractivity contribution is 0.468. The topological polar surface area (TPSA) is 80.9 Å². The minimum Gasteiger partial charge on any atom is -0.507 e. The van der Waals surface area contributed by atoms with Crippen LogP contribution in [-0.2, 0) is 19.3 Å². The molecule has 34 heavy (non-hydrogen) atoms. The first kappa shape index (κ1) is 22.5. The number of alkyl halides is 1. The van der Waals surface area contributed by atoms with Crippen molar-refractivity contribution in [3.05, 3.63) is 94.0 Å². The SMILES string of the molecule is Oc1cc2c(cc1Cl)-c1ccc(cc1O)C[C@@H](Cl)c1ccc(O)c(c1)-c1cc(ccc1O)CC2. The molecule has 2 aliphatic carbocycles. The molecule has 172 valence electrons. The zero-order chi connectivity index (χ0) is 24.0. The Morgan fingerprint density at radius 1 is 0.588 bits per heavy atom. The molecule has 0 saturated heterocycles. The molecule has 4 N–H and O–H groups in total. The summed E-state index contributed by atoms with van der Waals surface area (Å²) < 4.78 is 0. The summed E-state index contributed by atoms with van der Waals surface area (Å²) in [5.74, 6) is 0.194. The van der Waals surface area contributed by atoms with Crippen molar-refractivity contribution in [3.8, 4) is 45.3 Å². The second-order valence-electron chi connectivity index (χ2n) is 8.61. The van der Waals surface area contributed by atoms with Crippen molar-refractivity contribution in [2.45, 2.75) is 24.6 Å². The van der Waals surface area contributed by atoms with Gasteiger partial charge in [-0.15, -0.1) is 11.6 Å². The molecule has 1 atom stereocenters. The molecule has 0 aromatic heterocycles. The van der Waals surface area contributed by atoms with E-state index < -0.39 is 5.38 Å².